The third-order valence-corrected chi connectivity index (χ3v) is 2.98. The SMILES string of the molecule is COc1ccc(C)cc1C(Cl)c1ccoc1. The van der Waals surface area contributed by atoms with Gasteiger partial charge in [-0.15, -0.1) is 11.6 Å². The van der Waals surface area contributed by atoms with Crippen LogP contribution in [0.2, 0.25) is 0 Å². The third kappa shape index (κ3) is 2.07. The first-order valence-corrected chi connectivity index (χ1v) is 5.46. The van der Waals surface area contributed by atoms with Crippen LogP contribution in [0.1, 0.15) is 22.1 Å². The lowest BCUT2D eigenvalue weighted by Crippen LogP contribution is -1.97. The van der Waals surface area contributed by atoms with E-state index in [9.17, 15) is 0 Å². The summed E-state index contributed by atoms with van der Waals surface area (Å²) in [4.78, 5) is 0. The zero-order valence-corrected chi connectivity index (χ0v) is 9.99. The minimum absolute atomic E-state index is 0.242. The van der Waals surface area contributed by atoms with Crippen LogP contribution in [0.3, 0.4) is 0 Å². The average Bonchev–Trinajstić information content (AvgIpc) is 2.81. The van der Waals surface area contributed by atoms with Crippen LogP contribution in [-0.4, -0.2) is 7.11 Å². The van der Waals surface area contributed by atoms with Crippen molar-refractivity contribution in [2.45, 2.75) is 12.3 Å². The molecule has 0 saturated heterocycles. The van der Waals surface area contributed by atoms with Crippen molar-refractivity contribution in [1.82, 2.24) is 0 Å². The summed E-state index contributed by atoms with van der Waals surface area (Å²) in [5.41, 5.74) is 3.06. The van der Waals surface area contributed by atoms with Gasteiger partial charge in [0.1, 0.15) is 5.75 Å². The molecule has 0 bridgehead atoms. The Hall–Kier alpha value is -1.41. The van der Waals surface area contributed by atoms with Gasteiger partial charge in [-0.25, -0.2) is 0 Å². The first kappa shape index (κ1) is 11.1. The van der Waals surface area contributed by atoms with E-state index in [1.807, 2.05) is 31.2 Å². The van der Waals surface area contributed by atoms with Crippen LogP contribution in [0.15, 0.2) is 41.2 Å². The number of halogens is 1. The van der Waals surface area contributed by atoms with Crippen LogP contribution in [0.4, 0.5) is 0 Å². The van der Waals surface area contributed by atoms with Crippen molar-refractivity contribution in [2.24, 2.45) is 0 Å². The zero-order valence-electron chi connectivity index (χ0n) is 9.24. The second kappa shape index (κ2) is 4.62. The van der Waals surface area contributed by atoms with Crippen LogP contribution in [0, 0.1) is 6.92 Å². The predicted molar refractivity (Wildman–Crippen MR) is 64.1 cm³/mol. The van der Waals surface area contributed by atoms with Gasteiger partial charge in [0, 0.05) is 11.1 Å². The Balaban J connectivity index is 2.42. The van der Waals surface area contributed by atoms with E-state index in [2.05, 4.69) is 0 Å². The van der Waals surface area contributed by atoms with Crippen LogP contribution in [-0.2, 0) is 0 Å². The number of hydrogen-bond donors (Lipinski definition) is 0. The van der Waals surface area contributed by atoms with E-state index >= 15 is 0 Å². The van der Waals surface area contributed by atoms with E-state index in [0.717, 1.165) is 22.4 Å². The second-order valence-corrected chi connectivity index (χ2v) is 4.10. The predicted octanol–water partition coefficient (Wildman–Crippen LogP) is 3.92. The molecule has 1 aromatic carbocycles. The highest BCUT2D eigenvalue weighted by molar-refractivity contribution is 6.22. The van der Waals surface area contributed by atoms with Gasteiger partial charge in [0.15, 0.2) is 0 Å². The lowest BCUT2D eigenvalue weighted by molar-refractivity contribution is 0.410. The van der Waals surface area contributed by atoms with Crippen LogP contribution in [0.5, 0.6) is 5.75 Å². The summed E-state index contributed by atoms with van der Waals surface area (Å²) in [6, 6.07) is 7.82. The maximum atomic E-state index is 6.39. The highest BCUT2D eigenvalue weighted by Crippen LogP contribution is 2.35. The molecule has 2 nitrogen and oxygen atoms in total. The minimum Gasteiger partial charge on any atom is -0.496 e. The third-order valence-electron chi connectivity index (χ3n) is 2.49. The molecule has 0 N–H and O–H groups in total. The smallest absolute Gasteiger partial charge is 0.123 e. The fourth-order valence-electron chi connectivity index (χ4n) is 1.65. The summed E-state index contributed by atoms with van der Waals surface area (Å²) in [7, 11) is 1.65. The van der Waals surface area contributed by atoms with Gasteiger partial charge in [0.05, 0.1) is 25.0 Å². The monoisotopic (exact) mass is 236 g/mol. The van der Waals surface area contributed by atoms with Crippen LogP contribution >= 0.6 is 11.6 Å². The molecular weight excluding hydrogens is 224 g/mol. The Kier molecular flexibility index (Phi) is 3.20. The lowest BCUT2D eigenvalue weighted by Gasteiger charge is -2.13. The minimum atomic E-state index is -0.242. The number of aryl methyl sites for hydroxylation is 1. The van der Waals surface area contributed by atoms with Gasteiger partial charge < -0.3 is 9.15 Å². The van der Waals surface area contributed by atoms with Crippen LogP contribution in [0.25, 0.3) is 0 Å². The van der Waals surface area contributed by atoms with Crippen molar-refractivity contribution in [2.75, 3.05) is 7.11 Å². The van der Waals surface area contributed by atoms with Gasteiger partial charge in [-0.05, 0) is 19.1 Å². The molecule has 16 heavy (non-hydrogen) atoms. The van der Waals surface area contributed by atoms with E-state index < -0.39 is 0 Å². The average molecular weight is 237 g/mol. The number of furan rings is 1. The molecule has 3 heteroatoms. The molecule has 2 aromatic rings. The molecule has 0 saturated carbocycles. The van der Waals surface area contributed by atoms with Gasteiger partial charge in [-0.2, -0.15) is 0 Å². The summed E-state index contributed by atoms with van der Waals surface area (Å²) >= 11 is 6.39. The van der Waals surface area contributed by atoms with Gasteiger partial charge in [-0.1, -0.05) is 17.7 Å². The van der Waals surface area contributed by atoms with Crippen molar-refractivity contribution >= 4 is 11.6 Å². The van der Waals surface area contributed by atoms with Crippen LogP contribution < -0.4 is 4.74 Å². The molecular formula is C13H13ClO2. The molecule has 1 aromatic heterocycles. The maximum absolute atomic E-state index is 6.39. The van der Waals surface area contributed by atoms with Gasteiger partial charge in [0.2, 0.25) is 0 Å². The molecule has 1 atom stereocenters. The molecule has 1 unspecified atom stereocenters. The summed E-state index contributed by atoms with van der Waals surface area (Å²) < 4.78 is 10.3. The Bertz CT molecular complexity index is 463. The highest BCUT2D eigenvalue weighted by Gasteiger charge is 2.16. The fraction of sp³-hybridized carbons (Fsp3) is 0.231. The summed E-state index contributed by atoms with van der Waals surface area (Å²) in [5.74, 6) is 0.798. The Morgan fingerprint density at radius 3 is 2.75 bits per heavy atom. The first-order chi connectivity index (χ1) is 7.72. The molecule has 84 valence electrons. The standard InChI is InChI=1S/C13H13ClO2/c1-9-3-4-12(15-2)11(7-9)13(14)10-5-6-16-8-10/h3-8,13H,1-2H3. The molecule has 0 aliphatic carbocycles. The highest BCUT2D eigenvalue weighted by atomic mass is 35.5. The Morgan fingerprint density at radius 1 is 1.31 bits per heavy atom. The largest absolute Gasteiger partial charge is 0.496 e. The summed E-state index contributed by atoms with van der Waals surface area (Å²) in [6.07, 6.45) is 3.27. The second-order valence-electron chi connectivity index (χ2n) is 3.66. The summed E-state index contributed by atoms with van der Waals surface area (Å²) in [6.45, 7) is 2.03. The van der Waals surface area contributed by atoms with E-state index in [-0.39, 0.29) is 5.38 Å². The topological polar surface area (TPSA) is 22.4 Å². The number of rotatable bonds is 3. The number of benzene rings is 1. The maximum Gasteiger partial charge on any atom is 0.123 e. The molecule has 0 amide bonds. The van der Waals surface area contributed by atoms with Crippen molar-refractivity contribution < 1.29 is 9.15 Å². The molecule has 1 heterocycles. The zero-order chi connectivity index (χ0) is 11.5. The number of methoxy groups -OCH3 is 1. The number of alkyl halides is 1. The summed E-state index contributed by atoms with van der Waals surface area (Å²) in [5, 5.41) is -0.242. The van der Waals surface area contributed by atoms with Crippen molar-refractivity contribution in [3.63, 3.8) is 0 Å². The molecule has 0 spiro atoms. The first-order valence-electron chi connectivity index (χ1n) is 5.03. The molecule has 0 aliphatic heterocycles. The van der Waals surface area contributed by atoms with Crippen molar-refractivity contribution in [3.05, 3.63) is 53.5 Å². The van der Waals surface area contributed by atoms with Crippen molar-refractivity contribution in [3.8, 4) is 5.75 Å². The molecule has 0 aliphatic rings. The van der Waals surface area contributed by atoms with Gasteiger partial charge in [-0.3, -0.25) is 0 Å². The van der Waals surface area contributed by atoms with Gasteiger partial charge >= 0.3 is 0 Å². The quantitative estimate of drug-likeness (QED) is 0.754. The Morgan fingerprint density at radius 2 is 2.12 bits per heavy atom. The van der Waals surface area contributed by atoms with E-state index in [4.69, 9.17) is 20.8 Å². The van der Waals surface area contributed by atoms with E-state index in [0.29, 0.717) is 0 Å². The molecule has 0 fully saturated rings. The van der Waals surface area contributed by atoms with E-state index in [1.165, 1.54) is 0 Å². The van der Waals surface area contributed by atoms with E-state index in [1.54, 1.807) is 19.6 Å². The molecule has 2 rings (SSSR count). The van der Waals surface area contributed by atoms with Gasteiger partial charge in [0.25, 0.3) is 0 Å². The normalized spacial score (nSPS) is 12.4. The number of hydrogen-bond acceptors (Lipinski definition) is 2. The molecule has 0 radical (unpaired) electrons. The lowest BCUT2D eigenvalue weighted by atomic mass is 10.0. The van der Waals surface area contributed by atoms with Crippen molar-refractivity contribution in [1.29, 1.82) is 0 Å². The Labute approximate surface area is 99.8 Å². The number of ether oxygens (including phenoxy) is 1. The fourth-order valence-corrected chi connectivity index (χ4v) is 1.95.